The number of esters is 2. The Morgan fingerprint density at radius 2 is 1.31 bits per heavy atom. The molecule has 0 saturated carbocycles. The summed E-state index contributed by atoms with van der Waals surface area (Å²) in [4.78, 5) is 50.9. The molecule has 0 aromatic heterocycles. The van der Waals surface area contributed by atoms with Crippen LogP contribution in [-0.4, -0.2) is 51.1 Å². The van der Waals surface area contributed by atoms with Crippen molar-refractivity contribution < 1.29 is 28.7 Å². The summed E-state index contributed by atoms with van der Waals surface area (Å²) in [6, 6.07) is 6.95. The van der Waals surface area contributed by atoms with Crippen LogP contribution in [0, 0.1) is 11.8 Å². The van der Waals surface area contributed by atoms with E-state index < -0.39 is 23.8 Å². The molecule has 138 valence electrons. The molecule has 8 heteroatoms. The molecule has 2 heterocycles. The fraction of sp³-hybridized carbons (Fsp3) is 0.444. The molecule has 2 saturated heterocycles. The number of hydrogen-bond donors (Lipinski definition) is 0. The van der Waals surface area contributed by atoms with E-state index in [0.717, 1.165) is 0 Å². The number of nitrogens with zero attached hydrogens (tertiary/aromatic N) is 2. The molecule has 0 N–H and O–H groups in total. The number of hydrogen-bond acceptors (Lipinski definition) is 6. The highest BCUT2D eigenvalue weighted by Crippen LogP contribution is 2.31. The second kappa shape index (κ2) is 7.15. The normalized spacial score (nSPS) is 22.7. The molecule has 0 bridgehead atoms. The Morgan fingerprint density at radius 3 is 1.69 bits per heavy atom. The van der Waals surface area contributed by atoms with Crippen LogP contribution in [0.1, 0.15) is 12.8 Å². The standard InChI is InChI=1S/C18H20N2O6/c1-25-17(23)11-6-15(21)19(9-11)13-4-3-5-14(8-13)20-10-12(7-16(20)22)18(24)26-2/h3-5,8,11-12H,6-7,9-10H2,1-2H3. The van der Waals surface area contributed by atoms with Crippen molar-refractivity contribution >= 4 is 35.1 Å². The molecule has 2 aliphatic rings. The van der Waals surface area contributed by atoms with Gasteiger partial charge in [-0.25, -0.2) is 0 Å². The van der Waals surface area contributed by atoms with E-state index in [4.69, 9.17) is 9.47 Å². The van der Waals surface area contributed by atoms with E-state index in [-0.39, 0.29) is 37.7 Å². The van der Waals surface area contributed by atoms with Crippen LogP contribution < -0.4 is 9.80 Å². The molecule has 26 heavy (non-hydrogen) atoms. The van der Waals surface area contributed by atoms with E-state index >= 15 is 0 Å². The van der Waals surface area contributed by atoms with Crippen LogP contribution in [0.15, 0.2) is 24.3 Å². The molecule has 2 fully saturated rings. The number of ether oxygens (including phenoxy) is 2. The Balaban J connectivity index is 1.79. The van der Waals surface area contributed by atoms with E-state index in [1.54, 1.807) is 24.3 Å². The smallest absolute Gasteiger partial charge is 0.311 e. The average molecular weight is 360 g/mol. The van der Waals surface area contributed by atoms with E-state index in [1.807, 2.05) is 0 Å². The zero-order chi connectivity index (χ0) is 18.8. The predicted molar refractivity (Wildman–Crippen MR) is 91.4 cm³/mol. The Kier molecular flexibility index (Phi) is 4.92. The second-order valence-corrected chi connectivity index (χ2v) is 6.38. The van der Waals surface area contributed by atoms with Gasteiger partial charge in [-0.2, -0.15) is 0 Å². The van der Waals surface area contributed by atoms with Crippen molar-refractivity contribution in [3.63, 3.8) is 0 Å². The summed E-state index contributed by atoms with van der Waals surface area (Å²) in [6.07, 6.45) is 0.202. The Hall–Kier alpha value is -2.90. The first-order chi connectivity index (χ1) is 12.4. The van der Waals surface area contributed by atoms with Gasteiger partial charge < -0.3 is 19.3 Å². The van der Waals surface area contributed by atoms with Crippen molar-refractivity contribution in [1.82, 2.24) is 0 Å². The minimum absolute atomic E-state index is 0.101. The Bertz CT molecular complexity index is 703. The maximum absolute atomic E-state index is 12.3. The summed E-state index contributed by atoms with van der Waals surface area (Å²) in [6.45, 7) is 0.487. The van der Waals surface area contributed by atoms with Crippen LogP contribution in [0.3, 0.4) is 0 Å². The SMILES string of the molecule is COC(=O)C1CC(=O)N(c2cccc(N3CC(C(=O)OC)CC3=O)c2)C1. The van der Waals surface area contributed by atoms with Crippen molar-refractivity contribution in [2.45, 2.75) is 12.8 Å². The van der Waals surface area contributed by atoms with Gasteiger partial charge in [0.2, 0.25) is 11.8 Å². The third kappa shape index (κ3) is 3.26. The predicted octanol–water partition coefficient (Wildman–Crippen LogP) is 0.738. The number of carbonyl (C=O) groups is 4. The topological polar surface area (TPSA) is 93.2 Å². The second-order valence-electron chi connectivity index (χ2n) is 6.38. The van der Waals surface area contributed by atoms with E-state index in [2.05, 4.69) is 0 Å². The molecule has 2 atom stereocenters. The molecular weight excluding hydrogens is 340 g/mol. The van der Waals surface area contributed by atoms with Crippen molar-refractivity contribution in [3.8, 4) is 0 Å². The molecule has 3 rings (SSSR count). The largest absolute Gasteiger partial charge is 0.469 e. The molecule has 0 spiro atoms. The van der Waals surface area contributed by atoms with E-state index in [9.17, 15) is 19.2 Å². The number of carbonyl (C=O) groups excluding carboxylic acids is 4. The molecule has 2 unspecified atom stereocenters. The molecule has 0 radical (unpaired) electrons. The first-order valence-corrected chi connectivity index (χ1v) is 8.31. The summed E-state index contributed by atoms with van der Waals surface area (Å²) in [5.41, 5.74) is 1.21. The zero-order valence-electron chi connectivity index (χ0n) is 14.6. The van der Waals surface area contributed by atoms with Crippen molar-refractivity contribution in [3.05, 3.63) is 24.3 Å². The summed E-state index contributed by atoms with van der Waals surface area (Å²) < 4.78 is 9.43. The van der Waals surface area contributed by atoms with Gasteiger partial charge in [0, 0.05) is 37.3 Å². The minimum Gasteiger partial charge on any atom is -0.469 e. The van der Waals surface area contributed by atoms with Crippen molar-refractivity contribution in [2.75, 3.05) is 37.1 Å². The zero-order valence-corrected chi connectivity index (χ0v) is 14.6. The van der Waals surface area contributed by atoms with Gasteiger partial charge in [0.15, 0.2) is 0 Å². The van der Waals surface area contributed by atoms with Crippen LogP contribution in [-0.2, 0) is 28.7 Å². The minimum atomic E-state index is -0.492. The van der Waals surface area contributed by atoms with Gasteiger partial charge in [-0.15, -0.1) is 0 Å². The van der Waals surface area contributed by atoms with Crippen LogP contribution in [0.4, 0.5) is 11.4 Å². The monoisotopic (exact) mass is 360 g/mol. The number of rotatable bonds is 4. The quantitative estimate of drug-likeness (QED) is 0.735. The summed E-state index contributed by atoms with van der Waals surface area (Å²) in [5.74, 6) is -2.14. The molecular formula is C18H20N2O6. The van der Waals surface area contributed by atoms with Gasteiger partial charge in [0.25, 0.3) is 0 Å². The number of amides is 2. The van der Waals surface area contributed by atoms with Crippen molar-refractivity contribution in [2.24, 2.45) is 11.8 Å². The van der Waals surface area contributed by atoms with Gasteiger partial charge in [-0.1, -0.05) is 6.07 Å². The van der Waals surface area contributed by atoms with Crippen LogP contribution in [0.5, 0.6) is 0 Å². The highest BCUT2D eigenvalue weighted by atomic mass is 16.5. The van der Waals surface area contributed by atoms with E-state index in [0.29, 0.717) is 11.4 Å². The fourth-order valence-electron chi connectivity index (χ4n) is 3.39. The third-order valence-corrected chi connectivity index (χ3v) is 4.77. The Morgan fingerprint density at radius 1 is 0.885 bits per heavy atom. The van der Waals surface area contributed by atoms with Crippen LogP contribution in [0.25, 0.3) is 0 Å². The molecule has 1 aromatic rings. The lowest BCUT2D eigenvalue weighted by Crippen LogP contribution is -2.28. The van der Waals surface area contributed by atoms with Crippen molar-refractivity contribution in [1.29, 1.82) is 0 Å². The summed E-state index contributed by atoms with van der Waals surface area (Å²) in [7, 11) is 2.60. The van der Waals surface area contributed by atoms with Gasteiger partial charge in [0.05, 0.1) is 26.1 Å². The summed E-state index contributed by atoms with van der Waals surface area (Å²) >= 11 is 0. The number of benzene rings is 1. The fourth-order valence-corrected chi connectivity index (χ4v) is 3.39. The molecule has 0 aliphatic carbocycles. The van der Waals surface area contributed by atoms with Gasteiger partial charge in [-0.05, 0) is 18.2 Å². The Labute approximate surface area is 150 Å². The van der Waals surface area contributed by atoms with Gasteiger partial charge in [-0.3, -0.25) is 19.2 Å². The lowest BCUT2D eigenvalue weighted by atomic mass is 10.1. The highest BCUT2D eigenvalue weighted by Gasteiger charge is 2.38. The average Bonchev–Trinajstić information content (AvgIpc) is 3.23. The van der Waals surface area contributed by atoms with E-state index in [1.165, 1.54) is 24.0 Å². The van der Waals surface area contributed by atoms with Gasteiger partial charge in [0.1, 0.15) is 0 Å². The molecule has 8 nitrogen and oxygen atoms in total. The van der Waals surface area contributed by atoms with Gasteiger partial charge >= 0.3 is 11.9 Å². The molecule has 2 aliphatic heterocycles. The first kappa shape index (κ1) is 17.9. The lowest BCUT2D eigenvalue weighted by molar-refractivity contribution is -0.145. The highest BCUT2D eigenvalue weighted by molar-refractivity contribution is 6.02. The molecule has 2 amide bonds. The summed E-state index contributed by atoms with van der Waals surface area (Å²) in [5, 5.41) is 0. The third-order valence-electron chi connectivity index (χ3n) is 4.77. The maximum atomic E-state index is 12.3. The van der Waals surface area contributed by atoms with Crippen LogP contribution >= 0.6 is 0 Å². The lowest BCUT2D eigenvalue weighted by Gasteiger charge is -2.21. The number of anilines is 2. The number of methoxy groups -OCH3 is 2. The first-order valence-electron chi connectivity index (χ1n) is 8.31. The maximum Gasteiger partial charge on any atom is 0.311 e. The molecule has 1 aromatic carbocycles. The van der Waals surface area contributed by atoms with Crippen LogP contribution in [0.2, 0.25) is 0 Å².